The largest absolute Gasteiger partial charge is 0.450 e. The Kier molecular flexibility index (Phi) is 4.74. The molecule has 0 unspecified atom stereocenters. The lowest BCUT2D eigenvalue weighted by Gasteiger charge is -2.31. The van der Waals surface area contributed by atoms with E-state index in [1.165, 1.54) is 0 Å². The van der Waals surface area contributed by atoms with Crippen molar-refractivity contribution in [3.8, 4) is 0 Å². The minimum Gasteiger partial charge on any atom is -0.450 e. The minimum atomic E-state index is -0.270. The highest BCUT2D eigenvalue weighted by atomic mass is 16.6. The zero-order valence-electron chi connectivity index (χ0n) is 14.1. The van der Waals surface area contributed by atoms with Crippen LogP contribution in [0.3, 0.4) is 0 Å². The Bertz CT molecular complexity index is 745. The van der Waals surface area contributed by atoms with Gasteiger partial charge in [0.2, 0.25) is 0 Å². The van der Waals surface area contributed by atoms with E-state index in [4.69, 9.17) is 4.74 Å². The molecule has 1 aromatic carbocycles. The van der Waals surface area contributed by atoms with E-state index in [0.29, 0.717) is 25.4 Å². The molecule has 3 rings (SSSR count). The number of nitrogens with one attached hydrogen (secondary N) is 2. The summed E-state index contributed by atoms with van der Waals surface area (Å²) in [5.74, 6) is -0.0849. The van der Waals surface area contributed by atoms with Crippen LogP contribution in [0.1, 0.15) is 35.8 Å². The third-order valence-corrected chi connectivity index (χ3v) is 4.55. The van der Waals surface area contributed by atoms with Crippen LogP contribution in [0.4, 0.5) is 4.79 Å². The van der Waals surface area contributed by atoms with E-state index in [1.54, 1.807) is 11.8 Å². The third kappa shape index (κ3) is 3.22. The molecule has 0 bridgehead atoms. The second kappa shape index (κ2) is 6.95. The number of hydrogen-bond donors (Lipinski definition) is 2. The van der Waals surface area contributed by atoms with Gasteiger partial charge in [-0.25, -0.2) is 4.79 Å². The van der Waals surface area contributed by atoms with Gasteiger partial charge in [0.25, 0.3) is 5.91 Å². The lowest BCUT2D eigenvalue weighted by Crippen LogP contribution is -2.46. The predicted molar refractivity (Wildman–Crippen MR) is 92.1 cm³/mol. The second-order valence-corrected chi connectivity index (χ2v) is 6.10. The van der Waals surface area contributed by atoms with Crippen molar-refractivity contribution in [3.63, 3.8) is 0 Å². The van der Waals surface area contributed by atoms with E-state index in [9.17, 15) is 9.59 Å². The molecule has 2 aromatic rings. The molecular formula is C18H23N3O3. The summed E-state index contributed by atoms with van der Waals surface area (Å²) in [7, 11) is 0. The summed E-state index contributed by atoms with van der Waals surface area (Å²) in [6, 6.07) is 7.97. The van der Waals surface area contributed by atoms with Crippen molar-refractivity contribution in [2.75, 3.05) is 19.7 Å². The van der Waals surface area contributed by atoms with Gasteiger partial charge in [-0.3, -0.25) is 4.79 Å². The molecule has 2 N–H and O–H groups in total. The van der Waals surface area contributed by atoms with Gasteiger partial charge >= 0.3 is 6.09 Å². The first-order valence-electron chi connectivity index (χ1n) is 8.40. The van der Waals surface area contributed by atoms with Crippen LogP contribution in [-0.2, 0) is 4.74 Å². The fourth-order valence-corrected chi connectivity index (χ4v) is 3.19. The summed E-state index contributed by atoms with van der Waals surface area (Å²) >= 11 is 0. The molecule has 0 aliphatic carbocycles. The molecule has 1 aromatic heterocycles. The highest BCUT2D eigenvalue weighted by Crippen LogP contribution is 2.21. The first-order valence-corrected chi connectivity index (χ1v) is 8.40. The summed E-state index contributed by atoms with van der Waals surface area (Å²) in [5, 5.41) is 4.15. The number of carbonyl (C=O) groups is 2. The van der Waals surface area contributed by atoms with E-state index < -0.39 is 0 Å². The number of aryl methyl sites for hydroxylation is 1. The number of aromatic amines is 1. The van der Waals surface area contributed by atoms with Crippen LogP contribution in [-0.4, -0.2) is 47.6 Å². The van der Waals surface area contributed by atoms with Gasteiger partial charge in [-0.05, 0) is 38.3 Å². The maximum atomic E-state index is 12.6. The van der Waals surface area contributed by atoms with Crippen LogP contribution in [0.15, 0.2) is 24.3 Å². The number of rotatable bonds is 3. The van der Waals surface area contributed by atoms with Gasteiger partial charge in [0.15, 0.2) is 0 Å². The van der Waals surface area contributed by atoms with Crippen LogP contribution in [0.25, 0.3) is 10.9 Å². The van der Waals surface area contributed by atoms with E-state index in [-0.39, 0.29) is 18.0 Å². The Morgan fingerprint density at radius 2 is 2.00 bits per heavy atom. The number of ether oxygens (including phenoxy) is 1. The van der Waals surface area contributed by atoms with Crippen molar-refractivity contribution in [2.45, 2.75) is 32.7 Å². The fourth-order valence-electron chi connectivity index (χ4n) is 3.19. The van der Waals surface area contributed by atoms with E-state index >= 15 is 0 Å². The van der Waals surface area contributed by atoms with E-state index in [0.717, 1.165) is 29.3 Å². The molecule has 24 heavy (non-hydrogen) atoms. The third-order valence-electron chi connectivity index (χ3n) is 4.55. The molecule has 1 aliphatic rings. The topological polar surface area (TPSA) is 74.4 Å². The van der Waals surface area contributed by atoms with Crippen LogP contribution in [0.5, 0.6) is 0 Å². The summed E-state index contributed by atoms with van der Waals surface area (Å²) in [4.78, 5) is 29.2. The van der Waals surface area contributed by atoms with Gasteiger partial charge in [0, 0.05) is 30.0 Å². The zero-order chi connectivity index (χ0) is 17.1. The van der Waals surface area contributed by atoms with Crippen molar-refractivity contribution in [3.05, 3.63) is 35.5 Å². The molecule has 0 atom stereocenters. The van der Waals surface area contributed by atoms with Gasteiger partial charge in [-0.1, -0.05) is 18.2 Å². The number of benzene rings is 1. The molecule has 6 heteroatoms. The first kappa shape index (κ1) is 16.4. The maximum absolute atomic E-state index is 12.6. The summed E-state index contributed by atoms with van der Waals surface area (Å²) < 4.78 is 5.01. The van der Waals surface area contributed by atoms with Crippen molar-refractivity contribution in [2.24, 2.45) is 0 Å². The summed E-state index contributed by atoms with van der Waals surface area (Å²) in [6.45, 7) is 5.35. The average molecular weight is 329 g/mol. The second-order valence-electron chi connectivity index (χ2n) is 6.10. The molecule has 1 saturated heterocycles. The Morgan fingerprint density at radius 3 is 2.67 bits per heavy atom. The van der Waals surface area contributed by atoms with E-state index in [2.05, 4.69) is 10.3 Å². The smallest absolute Gasteiger partial charge is 0.409 e. The molecule has 1 fully saturated rings. The number of likely N-dealkylation sites (tertiary alicyclic amines) is 1. The predicted octanol–water partition coefficient (Wildman–Crippen LogP) is 2.83. The molecule has 6 nitrogen and oxygen atoms in total. The van der Waals surface area contributed by atoms with Crippen LogP contribution in [0, 0.1) is 6.92 Å². The van der Waals surface area contributed by atoms with Crippen LogP contribution in [0.2, 0.25) is 0 Å². The number of aromatic nitrogens is 1. The van der Waals surface area contributed by atoms with Gasteiger partial charge in [-0.2, -0.15) is 0 Å². The average Bonchev–Trinajstić information content (AvgIpc) is 2.93. The lowest BCUT2D eigenvalue weighted by atomic mass is 10.0. The maximum Gasteiger partial charge on any atom is 0.409 e. The number of amides is 2. The Balaban J connectivity index is 1.61. The van der Waals surface area contributed by atoms with Gasteiger partial charge in [0.05, 0.1) is 6.61 Å². The Morgan fingerprint density at radius 1 is 1.29 bits per heavy atom. The standard InChI is InChI=1S/C18H23N3O3/c1-3-24-18(23)21-10-8-13(9-11-21)19-17(22)16-12(2)14-6-4-5-7-15(14)20-16/h4-7,13,20H,3,8-11H2,1-2H3,(H,19,22). The SMILES string of the molecule is CCOC(=O)N1CCC(NC(=O)c2[nH]c3ccccc3c2C)CC1. The van der Waals surface area contributed by atoms with Crippen LogP contribution < -0.4 is 5.32 Å². The first-order chi connectivity index (χ1) is 11.6. The molecule has 0 radical (unpaired) electrons. The molecule has 2 heterocycles. The molecular weight excluding hydrogens is 306 g/mol. The number of nitrogens with zero attached hydrogens (tertiary/aromatic N) is 1. The minimum absolute atomic E-state index is 0.0778. The fraction of sp³-hybridized carbons (Fsp3) is 0.444. The summed E-state index contributed by atoms with van der Waals surface area (Å²) in [5.41, 5.74) is 2.55. The van der Waals surface area contributed by atoms with Crippen molar-refractivity contribution in [1.29, 1.82) is 0 Å². The van der Waals surface area contributed by atoms with E-state index in [1.807, 2.05) is 31.2 Å². The normalized spacial score (nSPS) is 15.5. The summed E-state index contributed by atoms with van der Waals surface area (Å²) in [6.07, 6.45) is 1.21. The number of para-hydroxylation sites is 1. The van der Waals surface area contributed by atoms with Gasteiger partial charge in [0.1, 0.15) is 5.69 Å². The van der Waals surface area contributed by atoms with Crippen molar-refractivity contribution < 1.29 is 14.3 Å². The number of hydrogen-bond acceptors (Lipinski definition) is 3. The molecule has 1 aliphatic heterocycles. The number of piperidine rings is 1. The number of carbonyl (C=O) groups excluding carboxylic acids is 2. The van der Waals surface area contributed by atoms with Crippen molar-refractivity contribution in [1.82, 2.24) is 15.2 Å². The molecule has 128 valence electrons. The highest BCUT2D eigenvalue weighted by molar-refractivity contribution is 6.00. The quantitative estimate of drug-likeness (QED) is 0.909. The molecule has 0 spiro atoms. The Labute approximate surface area is 141 Å². The van der Waals surface area contributed by atoms with Gasteiger partial charge in [-0.15, -0.1) is 0 Å². The lowest BCUT2D eigenvalue weighted by molar-refractivity contribution is 0.0857. The van der Waals surface area contributed by atoms with Crippen LogP contribution >= 0.6 is 0 Å². The monoisotopic (exact) mass is 329 g/mol. The number of fused-ring (bicyclic) bond motifs is 1. The molecule has 2 amide bonds. The molecule has 0 saturated carbocycles. The number of H-pyrrole nitrogens is 1. The van der Waals surface area contributed by atoms with Crippen molar-refractivity contribution >= 4 is 22.9 Å². The highest BCUT2D eigenvalue weighted by Gasteiger charge is 2.25. The van der Waals surface area contributed by atoms with Gasteiger partial charge < -0.3 is 19.9 Å². The Hall–Kier alpha value is -2.50. The zero-order valence-corrected chi connectivity index (χ0v) is 14.1.